The number of likely N-dealkylation sites (tertiary alicyclic amines) is 1. The summed E-state index contributed by atoms with van der Waals surface area (Å²) in [5.74, 6) is 1.75. The van der Waals surface area contributed by atoms with E-state index < -0.39 is 0 Å². The van der Waals surface area contributed by atoms with E-state index in [1.165, 1.54) is 41.8 Å². The van der Waals surface area contributed by atoms with Gasteiger partial charge in [0.15, 0.2) is 0 Å². The van der Waals surface area contributed by atoms with Crippen LogP contribution in [0.25, 0.3) is 0 Å². The van der Waals surface area contributed by atoms with E-state index in [-0.39, 0.29) is 0 Å². The Labute approximate surface area is 107 Å². The molecule has 0 saturated carbocycles. The third-order valence-electron chi connectivity index (χ3n) is 4.30. The van der Waals surface area contributed by atoms with Gasteiger partial charge < -0.3 is 5.32 Å². The molecule has 3 atom stereocenters. The van der Waals surface area contributed by atoms with Crippen LogP contribution >= 0.6 is 11.3 Å². The van der Waals surface area contributed by atoms with E-state index in [1.807, 2.05) is 11.3 Å². The third kappa shape index (κ3) is 2.02. The van der Waals surface area contributed by atoms with Gasteiger partial charge >= 0.3 is 0 Å². The van der Waals surface area contributed by atoms with Crippen molar-refractivity contribution in [1.29, 1.82) is 0 Å². The first-order chi connectivity index (χ1) is 8.15. The lowest BCUT2D eigenvalue weighted by Gasteiger charge is -2.24. The molecule has 3 rings (SSSR count). The summed E-state index contributed by atoms with van der Waals surface area (Å²) in [5, 5.41) is 4.70. The molecule has 17 heavy (non-hydrogen) atoms. The van der Waals surface area contributed by atoms with Crippen LogP contribution in [0.3, 0.4) is 0 Å². The van der Waals surface area contributed by atoms with Crippen molar-refractivity contribution < 1.29 is 0 Å². The van der Waals surface area contributed by atoms with Gasteiger partial charge in [0.2, 0.25) is 0 Å². The van der Waals surface area contributed by atoms with Crippen molar-refractivity contribution in [1.82, 2.24) is 15.2 Å². The maximum Gasteiger partial charge on any atom is 0.0900 e. The van der Waals surface area contributed by atoms with E-state index in [0.29, 0.717) is 6.04 Å². The number of hydrogen-bond acceptors (Lipinski definition) is 4. The summed E-state index contributed by atoms with van der Waals surface area (Å²) >= 11 is 1.83. The Morgan fingerprint density at radius 1 is 1.29 bits per heavy atom. The smallest absolute Gasteiger partial charge is 0.0900 e. The highest BCUT2D eigenvalue weighted by Gasteiger charge is 2.38. The minimum Gasteiger partial charge on any atom is -0.316 e. The van der Waals surface area contributed by atoms with Gasteiger partial charge in [0.05, 0.1) is 16.7 Å². The van der Waals surface area contributed by atoms with E-state index in [0.717, 1.165) is 11.8 Å². The maximum absolute atomic E-state index is 4.71. The molecule has 0 aromatic carbocycles. The largest absolute Gasteiger partial charge is 0.316 e. The van der Waals surface area contributed by atoms with Gasteiger partial charge in [-0.05, 0) is 45.7 Å². The standard InChI is InChI=1S/C13H21N3S/c1-8(13-9(2)17-10(3)15-13)16-6-11-4-14-5-12(11)7-16/h8,11-12,14H,4-7H2,1-3H3. The molecular weight excluding hydrogens is 230 g/mol. The van der Waals surface area contributed by atoms with E-state index in [4.69, 9.17) is 4.98 Å². The number of thiazole rings is 1. The highest BCUT2D eigenvalue weighted by molar-refractivity contribution is 7.11. The van der Waals surface area contributed by atoms with Gasteiger partial charge in [-0.25, -0.2) is 4.98 Å². The summed E-state index contributed by atoms with van der Waals surface area (Å²) in [4.78, 5) is 8.73. The van der Waals surface area contributed by atoms with E-state index >= 15 is 0 Å². The normalized spacial score (nSPS) is 30.8. The minimum absolute atomic E-state index is 0.491. The lowest BCUT2D eigenvalue weighted by Crippen LogP contribution is -2.29. The maximum atomic E-state index is 4.71. The van der Waals surface area contributed by atoms with E-state index in [2.05, 4.69) is 31.0 Å². The predicted molar refractivity (Wildman–Crippen MR) is 71.4 cm³/mol. The number of aryl methyl sites for hydroxylation is 2. The van der Waals surface area contributed by atoms with Crippen LogP contribution in [-0.2, 0) is 0 Å². The molecule has 3 heterocycles. The summed E-state index contributed by atoms with van der Waals surface area (Å²) in [6, 6.07) is 0.491. The van der Waals surface area contributed by atoms with Gasteiger partial charge in [-0.15, -0.1) is 11.3 Å². The number of rotatable bonds is 2. The Balaban J connectivity index is 1.75. The Kier molecular flexibility index (Phi) is 2.97. The molecule has 3 nitrogen and oxygen atoms in total. The summed E-state index contributed by atoms with van der Waals surface area (Å²) in [7, 11) is 0. The molecule has 0 bridgehead atoms. The first-order valence-electron chi connectivity index (χ1n) is 6.54. The highest BCUT2D eigenvalue weighted by Crippen LogP contribution is 2.34. The third-order valence-corrected chi connectivity index (χ3v) is 5.20. The number of fused-ring (bicyclic) bond motifs is 1. The van der Waals surface area contributed by atoms with Crippen LogP contribution in [0.4, 0.5) is 0 Å². The van der Waals surface area contributed by atoms with Gasteiger partial charge in [0.1, 0.15) is 0 Å². The van der Waals surface area contributed by atoms with Gasteiger partial charge in [-0.1, -0.05) is 0 Å². The van der Waals surface area contributed by atoms with Crippen molar-refractivity contribution in [2.24, 2.45) is 11.8 Å². The van der Waals surface area contributed by atoms with Crippen molar-refractivity contribution in [2.75, 3.05) is 26.2 Å². The molecule has 1 N–H and O–H groups in total. The number of aromatic nitrogens is 1. The van der Waals surface area contributed by atoms with E-state index in [9.17, 15) is 0 Å². The fraction of sp³-hybridized carbons (Fsp3) is 0.769. The molecule has 1 aromatic heterocycles. The monoisotopic (exact) mass is 251 g/mol. The molecular formula is C13H21N3S. The molecule has 4 heteroatoms. The molecule has 0 aliphatic carbocycles. The molecule has 0 amide bonds. The first kappa shape index (κ1) is 11.6. The SMILES string of the molecule is Cc1nc(C(C)N2CC3CNCC3C2)c(C)s1. The minimum atomic E-state index is 0.491. The number of nitrogens with one attached hydrogen (secondary N) is 1. The highest BCUT2D eigenvalue weighted by atomic mass is 32.1. The lowest BCUT2D eigenvalue weighted by atomic mass is 10.0. The molecule has 2 aliphatic rings. The van der Waals surface area contributed by atoms with Crippen molar-refractivity contribution in [2.45, 2.75) is 26.8 Å². The van der Waals surface area contributed by atoms with Gasteiger partial charge in [0, 0.05) is 18.0 Å². The summed E-state index contributed by atoms with van der Waals surface area (Å²) in [6.45, 7) is 11.5. The van der Waals surface area contributed by atoms with Crippen LogP contribution in [0.5, 0.6) is 0 Å². The molecule has 94 valence electrons. The zero-order chi connectivity index (χ0) is 12.0. The molecule has 1 aromatic rings. The summed E-state index contributed by atoms with van der Waals surface area (Å²) in [5.41, 5.74) is 1.31. The Bertz CT molecular complexity index is 403. The average molecular weight is 251 g/mol. The Morgan fingerprint density at radius 3 is 2.47 bits per heavy atom. The van der Waals surface area contributed by atoms with Gasteiger partial charge in [0.25, 0.3) is 0 Å². The van der Waals surface area contributed by atoms with Crippen LogP contribution in [-0.4, -0.2) is 36.1 Å². The van der Waals surface area contributed by atoms with Crippen LogP contribution in [0.2, 0.25) is 0 Å². The fourth-order valence-corrected chi connectivity index (χ4v) is 4.22. The van der Waals surface area contributed by atoms with Gasteiger partial charge in [-0.3, -0.25) is 4.90 Å². The zero-order valence-electron chi connectivity index (χ0n) is 10.9. The molecule has 0 radical (unpaired) electrons. The second-order valence-corrected chi connectivity index (χ2v) is 6.89. The van der Waals surface area contributed by atoms with Crippen molar-refractivity contribution in [3.8, 4) is 0 Å². The van der Waals surface area contributed by atoms with Crippen molar-refractivity contribution in [3.05, 3.63) is 15.6 Å². The van der Waals surface area contributed by atoms with Crippen molar-refractivity contribution in [3.63, 3.8) is 0 Å². The molecule has 2 saturated heterocycles. The summed E-state index contributed by atoms with van der Waals surface area (Å²) in [6.07, 6.45) is 0. The summed E-state index contributed by atoms with van der Waals surface area (Å²) < 4.78 is 0. The predicted octanol–water partition coefficient (Wildman–Crippen LogP) is 1.97. The Morgan fingerprint density at radius 2 is 1.94 bits per heavy atom. The lowest BCUT2D eigenvalue weighted by molar-refractivity contribution is 0.239. The number of nitrogens with zero attached hydrogens (tertiary/aromatic N) is 2. The fourth-order valence-electron chi connectivity index (χ4n) is 3.31. The van der Waals surface area contributed by atoms with Gasteiger partial charge in [-0.2, -0.15) is 0 Å². The van der Waals surface area contributed by atoms with E-state index in [1.54, 1.807) is 0 Å². The second-order valence-electron chi connectivity index (χ2n) is 5.48. The van der Waals surface area contributed by atoms with Crippen LogP contribution in [0.1, 0.15) is 28.5 Å². The average Bonchev–Trinajstić information content (AvgIpc) is 2.90. The first-order valence-corrected chi connectivity index (χ1v) is 7.35. The zero-order valence-corrected chi connectivity index (χ0v) is 11.7. The molecule has 2 aliphatic heterocycles. The Hall–Kier alpha value is -0.450. The number of hydrogen-bond donors (Lipinski definition) is 1. The van der Waals surface area contributed by atoms with Crippen LogP contribution < -0.4 is 5.32 Å². The molecule has 2 fully saturated rings. The molecule has 3 unspecified atom stereocenters. The van der Waals surface area contributed by atoms with Crippen LogP contribution in [0, 0.1) is 25.7 Å². The second kappa shape index (κ2) is 4.34. The molecule has 0 spiro atoms. The topological polar surface area (TPSA) is 28.2 Å². The quantitative estimate of drug-likeness (QED) is 0.871. The van der Waals surface area contributed by atoms with Crippen molar-refractivity contribution >= 4 is 11.3 Å². The van der Waals surface area contributed by atoms with Crippen LogP contribution in [0.15, 0.2) is 0 Å².